The lowest BCUT2D eigenvalue weighted by molar-refractivity contribution is -0.108. The van der Waals surface area contributed by atoms with E-state index < -0.39 is 12.6 Å². The van der Waals surface area contributed by atoms with Crippen LogP contribution in [0.2, 0.25) is 0 Å². The van der Waals surface area contributed by atoms with Crippen LogP contribution in [0.1, 0.15) is 6.42 Å². The molecule has 8 heteroatoms. The average Bonchev–Trinajstić information content (AvgIpc) is 2.49. The van der Waals surface area contributed by atoms with E-state index in [2.05, 4.69) is 0 Å². The Balaban J connectivity index is 4.32. The molecule has 0 saturated heterocycles. The molecular formula is C13H28N4O4. The van der Waals surface area contributed by atoms with E-state index in [9.17, 15) is 0 Å². The molecule has 8 nitrogen and oxygen atoms in total. The second-order valence-corrected chi connectivity index (χ2v) is 4.63. The van der Waals surface area contributed by atoms with Crippen molar-refractivity contribution >= 4 is 11.7 Å². The standard InChI is InChI=1S/C13H28N4O4/c1-16(8-12(18-3)19-4)10(14)7-11(15)17(2)9-13(20-5)21-6/h12-15H,7-9H2,1-6H3. The molecule has 21 heavy (non-hydrogen) atoms. The van der Waals surface area contributed by atoms with E-state index in [0.29, 0.717) is 24.8 Å². The zero-order chi connectivity index (χ0) is 16.4. The summed E-state index contributed by atoms with van der Waals surface area (Å²) in [6.07, 6.45) is -0.574. The van der Waals surface area contributed by atoms with Crippen molar-refractivity contribution in [1.29, 1.82) is 10.8 Å². The first-order chi connectivity index (χ1) is 9.89. The largest absolute Gasteiger partial charge is 0.358 e. The Kier molecular flexibility index (Phi) is 9.89. The van der Waals surface area contributed by atoms with Gasteiger partial charge in [-0.05, 0) is 0 Å². The lowest BCUT2D eigenvalue weighted by atomic mass is 10.3. The minimum absolute atomic E-state index is 0.216. The van der Waals surface area contributed by atoms with Crippen LogP contribution in [0.5, 0.6) is 0 Å². The van der Waals surface area contributed by atoms with Crippen LogP contribution in [-0.2, 0) is 18.9 Å². The number of nitrogens with zero attached hydrogens (tertiary/aromatic N) is 2. The van der Waals surface area contributed by atoms with E-state index in [1.54, 1.807) is 52.3 Å². The third-order valence-electron chi connectivity index (χ3n) is 3.15. The highest BCUT2D eigenvalue weighted by molar-refractivity contribution is 5.99. The molecular weight excluding hydrogens is 276 g/mol. The monoisotopic (exact) mass is 304 g/mol. The van der Waals surface area contributed by atoms with Crippen molar-refractivity contribution in [2.45, 2.75) is 19.0 Å². The van der Waals surface area contributed by atoms with Gasteiger partial charge in [0.25, 0.3) is 0 Å². The Bertz CT molecular complexity index is 289. The van der Waals surface area contributed by atoms with Crippen molar-refractivity contribution < 1.29 is 18.9 Å². The van der Waals surface area contributed by atoms with Gasteiger partial charge < -0.3 is 28.7 Å². The molecule has 0 rings (SSSR count). The molecule has 2 N–H and O–H groups in total. The second kappa shape index (κ2) is 10.5. The first-order valence-electron chi connectivity index (χ1n) is 6.57. The van der Waals surface area contributed by atoms with E-state index in [-0.39, 0.29) is 6.42 Å². The second-order valence-electron chi connectivity index (χ2n) is 4.63. The van der Waals surface area contributed by atoms with Crippen molar-refractivity contribution in [2.24, 2.45) is 0 Å². The molecule has 0 heterocycles. The van der Waals surface area contributed by atoms with Crippen LogP contribution in [-0.4, -0.2) is 89.7 Å². The minimum atomic E-state index is -0.395. The molecule has 0 aliphatic heterocycles. The minimum Gasteiger partial charge on any atom is -0.358 e. The van der Waals surface area contributed by atoms with Gasteiger partial charge >= 0.3 is 0 Å². The smallest absolute Gasteiger partial charge is 0.174 e. The topological polar surface area (TPSA) is 91.1 Å². The summed E-state index contributed by atoms with van der Waals surface area (Å²) in [5, 5.41) is 16.0. The van der Waals surface area contributed by atoms with Gasteiger partial charge in [0.05, 0.1) is 19.5 Å². The molecule has 0 aromatic rings. The molecule has 0 aromatic heterocycles. The van der Waals surface area contributed by atoms with Crippen molar-refractivity contribution in [3.63, 3.8) is 0 Å². The fourth-order valence-electron chi connectivity index (χ4n) is 1.59. The van der Waals surface area contributed by atoms with Gasteiger partial charge in [-0.25, -0.2) is 0 Å². The summed E-state index contributed by atoms with van der Waals surface area (Å²) >= 11 is 0. The maximum absolute atomic E-state index is 8.02. The third-order valence-corrected chi connectivity index (χ3v) is 3.15. The summed E-state index contributed by atoms with van der Waals surface area (Å²) in [5.41, 5.74) is 0. The highest BCUT2D eigenvalue weighted by Crippen LogP contribution is 2.02. The summed E-state index contributed by atoms with van der Waals surface area (Å²) in [6, 6.07) is 0. The number of nitrogens with one attached hydrogen (secondary N) is 2. The summed E-state index contributed by atoms with van der Waals surface area (Å²) in [6.45, 7) is 0.864. The number of ether oxygens (including phenoxy) is 4. The fourth-order valence-corrected chi connectivity index (χ4v) is 1.59. The van der Waals surface area contributed by atoms with Crippen molar-refractivity contribution in [1.82, 2.24) is 9.80 Å². The zero-order valence-corrected chi connectivity index (χ0v) is 13.8. The Morgan fingerprint density at radius 3 is 1.29 bits per heavy atom. The molecule has 0 unspecified atom stereocenters. The van der Waals surface area contributed by atoms with Crippen molar-refractivity contribution in [3.8, 4) is 0 Å². The van der Waals surface area contributed by atoms with Gasteiger partial charge in [-0.3, -0.25) is 10.8 Å². The van der Waals surface area contributed by atoms with Crippen LogP contribution in [0.4, 0.5) is 0 Å². The van der Waals surface area contributed by atoms with Gasteiger partial charge in [-0.15, -0.1) is 0 Å². The average molecular weight is 304 g/mol. The van der Waals surface area contributed by atoms with Crippen molar-refractivity contribution in [2.75, 3.05) is 55.6 Å². The molecule has 0 fully saturated rings. The summed E-state index contributed by atoms with van der Waals surface area (Å²) < 4.78 is 20.4. The van der Waals surface area contributed by atoms with Gasteiger partial charge in [-0.1, -0.05) is 0 Å². The molecule has 0 aliphatic carbocycles. The normalized spacial score (nSPS) is 11.0. The maximum atomic E-state index is 8.02. The van der Waals surface area contributed by atoms with Crippen LogP contribution < -0.4 is 0 Å². The van der Waals surface area contributed by atoms with E-state index in [1.165, 1.54) is 0 Å². The Morgan fingerprint density at radius 1 is 0.762 bits per heavy atom. The van der Waals surface area contributed by atoms with Crippen LogP contribution in [0, 0.1) is 10.8 Å². The highest BCUT2D eigenvalue weighted by atomic mass is 16.7. The molecule has 0 aliphatic rings. The van der Waals surface area contributed by atoms with Crippen LogP contribution in [0.15, 0.2) is 0 Å². The number of hydrogen-bond acceptors (Lipinski definition) is 6. The fraction of sp³-hybridized carbons (Fsp3) is 0.846. The predicted molar refractivity (Wildman–Crippen MR) is 80.9 cm³/mol. The Labute approximate surface area is 126 Å². The van der Waals surface area contributed by atoms with Gasteiger partial charge in [0.2, 0.25) is 0 Å². The molecule has 0 radical (unpaired) electrons. The number of likely N-dealkylation sites (N-methyl/N-ethyl adjacent to an activating group) is 2. The first-order valence-corrected chi connectivity index (χ1v) is 6.57. The molecule has 124 valence electrons. The molecule has 0 spiro atoms. The maximum Gasteiger partial charge on any atom is 0.174 e. The predicted octanol–water partition coefficient (Wildman–Crippen LogP) is 0.432. The number of methoxy groups -OCH3 is 4. The molecule has 0 saturated carbocycles. The summed E-state index contributed by atoms with van der Waals surface area (Å²) in [7, 11) is 9.75. The van der Waals surface area contributed by atoms with Gasteiger partial charge in [0, 0.05) is 42.5 Å². The summed E-state index contributed by atoms with van der Waals surface area (Å²) in [5.74, 6) is 0.634. The molecule has 0 amide bonds. The Morgan fingerprint density at radius 2 is 1.05 bits per heavy atom. The van der Waals surface area contributed by atoms with Crippen LogP contribution in [0.3, 0.4) is 0 Å². The van der Waals surface area contributed by atoms with Crippen LogP contribution >= 0.6 is 0 Å². The molecule has 0 aromatic carbocycles. The van der Waals surface area contributed by atoms with E-state index in [1.807, 2.05) is 0 Å². The van der Waals surface area contributed by atoms with Gasteiger partial charge in [0.1, 0.15) is 11.7 Å². The number of rotatable bonds is 10. The highest BCUT2D eigenvalue weighted by Gasteiger charge is 2.17. The SMILES string of the molecule is COC(CN(C)C(=N)CC(=N)N(C)CC(OC)OC)OC. The lowest BCUT2D eigenvalue weighted by Crippen LogP contribution is -2.40. The quantitative estimate of drug-likeness (QED) is 0.345. The van der Waals surface area contributed by atoms with E-state index in [4.69, 9.17) is 29.8 Å². The number of amidine groups is 2. The van der Waals surface area contributed by atoms with Crippen molar-refractivity contribution in [3.05, 3.63) is 0 Å². The number of hydrogen-bond donors (Lipinski definition) is 2. The first kappa shape index (κ1) is 19.8. The van der Waals surface area contributed by atoms with Crippen LogP contribution in [0.25, 0.3) is 0 Å². The molecule has 0 bridgehead atoms. The van der Waals surface area contributed by atoms with E-state index in [0.717, 1.165) is 0 Å². The Hall–Kier alpha value is -1.22. The lowest BCUT2D eigenvalue weighted by Gasteiger charge is -2.27. The van der Waals surface area contributed by atoms with Gasteiger partial charge in [-0.2, -0.15) is 0 Å². The molecule has 0 atom stereocenters. The van der Waals surface area contributed by atoms with Gasteiger partial charge in [0.15, 0.2) is 12.6 Å². The summed E-state index contributed by atoms with van der Waals surface area (Å²) in [4.78, 5) is 3.40. The zero-order valence-electron chi connectivity index (χ0n) is 13.8. The van der Waals surface area contributed by atoms with E-state index >= 15 is 0 Å². The third kappa shape index (κ3) is 7.37.